The summed E-state index contributed by atoms with van der Waals surface area (Å²) in [6.07, 6.45) is 16.0. The van der Waals surface area contributed by atoms with Crippen LogP contribution in [0.25, 0.3) is 0 Å². The minimum absolute atomic E-state index is 0.147. The van der Waals surface area contributed by atoms with Crippen molar-refractivity contribution >= 4 is 0 Å². The van der Waals surface area contributed by atoms with Crippen molar-refractivity contribution in [2.75, 3.05) is 0 Å². The second-order valence-electron chi connectivity index (χ2n) is 10.8. The van der Waals surface area contributed by atoms with E-state index in [1.54, 1.807) is 11.1 Å². The van der Waals surface area contributed by atoms with Gasteiger partial charge in [-0.25, -0.2) is 0 Å². The zero-order valence-corrected chi connectivity index (χ0v) is 21.8. The molecule has 6 atom stereocenters. The van der Waals surface area contributed by atoms with Crippen LogP contribution >= 0.6 is 0 Å². The molecule has 0 amide bonds. The van der Waals surface area contributed by atoms with Crippen molar-refractivity contribution in [1.82, 2.24) is 0 Å². The molecule has 4 aliphatic carbocycles. The van der Waals surface area contributed by atoms with Crippen LogP contribution < -0.4 is 0 Å². The van der Waals surface area contributed by atoms with Gasteiger partial charge in [0, 0.05) is 5.41 Å². The van der Waals surface area contributed by atoms with Crippen molar-refractivity contribution in [2.24, 2.45) is 34.5 Å². The summed E-state index contributed by atoms with van der Waals surface area (Å²) in [7, 11) is 0. The van der Waals surface area contributed by atoms with E-state index in [1.807, 2.05) is 27.7 Å². The minimum Gasteiger partial charge on any atom is -0.100 e. The Morgan fingerprint density at radius 1 is 1.16 bits per heavy atom. The second kappa shape index (κ2) is 9.93. The van der Waals surface area contributed by atoms with E-state index in [0.29, 0.717) is 11.3 Å². The lowest BCUT2D eigenvalue weighted by Gasteiger charge is -2.52. The normalized spacial score (nSPS) is 37.5. The molecule has 2 unspecified atom stereocenters. The Labute approximate surface area is 194 Å². The van der Waals surface area contributed by atoms with Gasteiger partial charge in [-0.3, -0.25) is 0 Å². The van der Waals surface area contributed by atoms with Crippen molar-refractivity contribution in [1.29, 1.82) is 0 Å². The zero-order chi connectivity index (χ0) is 23.6. The lowest BCUT2D eigenvalue weighted by atomic mass is 9.52. The summed E-state index contributed by atoms with van der Waals surface area (Å²) in [5, 5.41) is 0. The number of fused-ring (bicyclic) bond motifs is 5. The van der Waals surface area contributed by atoms with Crippen LogP contribution in [0.15, 0.2) is 71.9 Å². The first kappa shape index (κ1) is 25.7. The van der Waals surface area contributed by atoms with Crippen molar-refractivity contribution in [3.63, 3.8) is 0 Å². The molecule has 2 saturated carbocycles. The summed E-state index contributed by atoms with van der Waals surface area (Å²) in [5.74, 6) is 3.06. The molecule has 4 rings (SSSR count). The minimum atomic E-state index is 0.147. The van der Waals surface area contributed by atoms with Gasteiger partial charge in [0.15, 0.2) is 0 Å². The van der Waals surface area contributed by atoms with Crippen molar-refractivity contribution in [3.8, 4) is 0 Å². The third-order valence-corrected chi connectivity index (χ3v) is 8.28. The molecule has 0 aliphatic heterocycles. The first-order chi connectivity index (χ1) is 14.5. The van der Waals surface area contributed by atoms with Gasteiger partial charge in [0.05, 0.1) is 0 Å². The average Bonchev–Trinajstić information content (AvgIpc) is 2.99. The molecule has 31 heavy (non-hydrogen) atoms. The van der Waals surface area contributed by atoms with Gasteiger partial charge in [-0.15, -0.1) is 6.58 Å². The molecule has 0 nitrogen and oxygen atoms in total. The highest BCUT2D eigenvalue weighted by Gasteiger charge is 2.57. The van der Waals surface area contributed by atoms with Crippen LogP contribution in [-0.4, -0.2) is 0 Å². The van der Waals surface area contributed by atoms with Gasteiger partial charge in [-0.1, -0.05) is 94.4 Å². The Hall–Kier alpha value is -1.56. The molecular weight excluding hydrogens is 372 g/mol. The predicted molar refractivity (Wildman–Crippen MR) is 140 cm³/mol. The van der Waals surface area contributed by atoms with Gasteiger partial charge in [-0.2, -0.15) is 0 Å². The third-order valence-electron chi connectivity index (χ3n) is 8.28. The molecule has 0 heterocycles. The predicted octanol–water partition coefficient (Wildman–Crippen LogP) is 9.64. The third kappa shape index (κ3) is 4.64. The summed E-state index contributed by atoms with van der Waals surface area (Å²) < 4.78 is 0. The number of hydrogen-bond donors (Lipinski definition) is 0. The fourth-order valence-corrected chi connectivity index (χ4v) is 7.06. The quantitative estimate of drug-likeness (QED) is 0.390. The Bertz CT molecular complexity index is 796. The number of rotatable bonds is 2. The molecule has 0 heteroatoms. The molecule has 4 aliphatic rings. The van der Waals surface area contributed by atoms with Gasteiger partial charge >= 0.3 is 0 Å². The van der Waals surface area contributed by atoms with E-state index in [1.165, 1.54) is 42.4 Å². The molecule has 0 bridgehead atoms. The maximum absolute atomic E-state index is 4.48. The Balaban J connectivity index is 0.000000513. The van der Waals surface area contributed by atoms with Crippen LogP contribution in [0, 0.1) is 34.5 Å². The molecular formula is C31H48. The van der Waals surface area contributed by atoms with Gasteiger partial charge in [0.2, 0.25) is 0 Å². The monoisotopic (exact) mass is 420 g/mol. The van der Waals surface area contributed by atoms with Gasteiger partial charge in [-0.05, 0) is 87.5 Å². The molecule has 0 saturated heterocycles. The van der Waals surface area contributed by atoms with E-state index < -0.39 is 0 Å². The highest BCUT2D eigenvalue weighted by Crippen LogP contribution is 2.66. The fraction of sp³-hybridized carbons (Fsp3) is 0.613. The first-order valence-corrected chi connectivity index (χ1v) is 12.6. The molecule has 172 valence electrons. The molecule has 2 fully saturated rings. The fourth-order valence-electron chi connectivity index (χ4n) is 7.06. The molecule has 0 aromatic rings. The average molecular weight is 421 g/mol. The summed E-state index contributed by atoms with van der Waals surface area (Å²) in [5.41, 5.74) is 7.69. The lowest BCUT2D eigenvalue weighted by Crippen LogP contribution is -2.43. The molecule has 0 radical (unpaired) electrons. The Kier molecular flexibility index (Phi) is 8.23. The van der Waals surface area contributed by atoms with E-state index >= 15 is 0 Å². The van der Waals surface area contributed by atoms with Crippen molar-refractivity contribution < 1.29 is 0 Å². The van der Waals surface area contributed by atoms with E-state index in [-0.39, 0.29) is 5.41 Å². The van der Waals surface area contributed by atoms with Crippen molar-refractivity contribution in [2.45, 2.75) is 87.5 Å². The Morgan fingerprint density at radius 2 is 1.77 bits per heavy atom. The number of hydrogen-bond acceptors (Lipinski definition) is 0. The summed E-state index contributed by atoms with van der Waals surface area (Å²) in [4.78, 5) is 0. The van der Waals surface area contributed by atoms with E-state index in [2.05, 4.69) is 71.7 Å². The smallest absolute Gasteiger partial charge is 0.0281 e. The zero-order valence-electron chi connectivity index (χ0n) is 21.8. The van der Waals surface area contributed by atoms with Crippen LogP contribution in [0.4, 0.5) is 0 Å². The maximum Gasteiger partial charge on any atom is 0.0281 e. The van der Waals surface area contributed by atoms with Gasteiger partial charge < -0.3 is 0 Å². The highest BCUT2D eigenvalue weighted by atomic mass is 14.6. The van der Waals surface area contributed by atoms with Crippen LogP contribution in [0.2, 0.25) is 0 Å². The molecule has 0 spiro atoms. The van der Waals surface area contributed by atoms with Crippen molar-refractivity contribution in [3.05, 3.63) is 71.9 Å². The van der Waals surface area contributed by atoms with Gasteiger partial charge in [0.1, 0.15) is 0 Å². The SMILES string of the molecule is C=C(C)C.C=C1C=C[C@@]2(C)C(=C1)CCC1C2=CC[C@@]2(C)C1C[C@@H](C)[C@@H]2C(=C)CC.CC. The Morgan fingerprint density at radius 3 is 2.35 bits per heavy atom. The van der Waals surface area contributed by atoms with Gasteiger partial charge in [0.25, 0.3) is 0 Å². The molecule has 0 aromatic heterocycles. The summed E-state index contributed by atoms with van der Waals surface area (Å²) in [6, 6.07) is 0. The first-order valence-electron chi connectivity index (χ1n) is 12.6. The second-order valence-corrected chi connectivity index (χ2v) is 10.8. The largest absolute Gasteiger partial charge is 0.100 e. The lowest BCUT2D eigenvalue weighted by molar-refractivity contribution is 0.102. The summed E-state index contributed by atoms with van der Waals surface area (Å²) in [6.45, 7) is 29.9. The maximum atomic E-state index is 4.48. The molecule has 0 aromatic carbocycles. The van der Waals surface area contributed by atoms with Crippen LogP contribution in [0.1, 0.15) is 87.5 Å². The topological polar surface area (TPSA) is 0 Å². The van der Waals surface area contributed by atoms with E-state index in [0.717, 1.165) is 24.2 Å². The molecule has 0 N–H and O–H groups in total. The van der Waals surface area contributed by atoms with E-state index in [4.69, 9.17) is 0 Å². The number of allylic oxidation sites excluding steroid dienone is 9. The summed E-state index contributed by atoms with van der Waals surface area (Å²) >= 11 is 0. The highest BCUT2D eigenvalue weighted by molar-refractivity contribution is 5.50. The van der Waals surface area contributed by atoms with E-state index in [9.17, 15) is 0 Å². The standard InChI is InChI=1S/C25H34.C4H8.C2H6/c1-7-17(3)23-18(4)15-22-20-9-8-19-14-16(2)10-12-24(19,5)21(20)11-13-25(22,23)6;1-4(2)3;1-2/h10-12,14,18,20,22-23H,2-3,7-9,13,15H2,1,4-6H3;1H2,2-3H3;1-2H3/t18-,20?,22?,23+,24+,25+;;/m1../s1. The van der Waals surface area contributed by atoms with Crippen LogP contribution in [-0.2, 0) is 0 Å². The van der Waals surface area contributed by atoms with Crippen LogP contribution in [0.3, 0.4) is 0 Å². The van der Waals surface area contributed by atoms with Crippen LogP contribution in [0.5, 0.6) is 0 Å².